The van der Waals surface area contributed by atoms with Crippen LogP contribution in [0.5, 0.6) is 0 Å². The zero-order valence-electron chi connectivity index (χ0n) is 14.8. The van der Waals surface area contributed by atoms with E-state index in [0.717, 1.165) is 9.79 Å². The minimum absolute atomic E-state index is 0.172. The Morgan fingerprint density at radius 3 is 2.32 bits per heavy atom. The average Bonchev–Trinajstić information content (AvgIpc) is 2.73. The summed E-state index contributed by atoms with van der Waals surface area (Å²) in [5.74, 6) is -0.261. The predicted molar refractivity (Wildman–Crippen MR) is 109 cm³/mol. The molecule has 0 saturated heterocycles. The van der Waals surface area contributed by atoms with Crippen molar-refractivity contribution in [3.05, 3.63) is 89.7 Å². The summed E-state index contributed by atoms with van der Waals surface area (Å²) >= 11 is 2.66. The van der Waals surface area contributed by atoms with E-state index in [1.165, 1.54) is 29.6 Å². The van der Waals surface area contributed by atoms with Gasteiger partial charge < -0.3 is 4.74 Å². The number of ether oxygens (including phenoxy) is 1. The minimum atomic E-state index is -0.438. The first-order valence-corrected chi connectivity index (χ1v) is 10.3. The maximum atomic E-state index is 13.6. The highest BCUT2D eigenvalue weighted by Crippen LogP contribution is 2.33. The van der Waals surface area contributed by atoms with Crippen LogP contribution in [0.4, 0.5) is 4.39 Å². The number of carbonyl (C=O) groups excluding carboxylic acids is 1. The Hall–Kier alpha value is -2.75. The molecule has 0 fully saturated rings. The molecule has 0 spiro atoms. The fraction of sp³-hybridized carbons (Fsp3) is 0.0909. The Morgan fingerprint density at radius 2 is 1.57 bits per heavy atom. The molecule has 0 heterocycles. The van der Waals surface area contributed by atoms with Crippen molar-refractivity contribution in [3.63, 3.8) is 0 Å². The second-order valence-electron chi connectivity index (χ2n) is 5.62. The molecule has 0 aliphatic heterocycles. The van der Waals surface area contributed by atoms with Gasteiger partial charge in [-0.3, -0.25) is 0 Å². The topological polar surface area (TPSA) is 50.1 Å². The molecule has 0 saturated carbocycles. The maximum absolute atomic E-state index is 13.6. The number of nitrogens with zero attached hydrogens (tertiary/aromatic N) is 1. The lowest BCUT2D eigenvalue weighted by Gasteiger charge is -2.10. The fourth-order valence-corrected chi connectivity index (χ4v) is 4.20. The highest BCUT2D eigenvalue weighted by atomic mass is 32.2. The Kier molecular flexibility index (Phi) is 7.12. The summed E-state index contributed by atoms with van der Waals surface area (Å²) in [7, 11) is 0. The molecule has 0 aliphatic rings. The largest absolute Gasteiger partial charge is 0.461 e. The van der Waals surface area contributed by atoms with Crippen LogP contribution in [0.1, 0.15) is 15.9 Å². The van der Waals surface area contributed by atoms with Crippen LogP contribution in [0.25, 0.3) is 0 Å². The highest BCUT2D eigenvalue weighted by molar-refractivity contribution is 7.99. The number of nitriles is 1. The SMILES string of the molecule is N#Cc1ccccc1Sc1ccccc1C(=O)OCCSc1ccccc1F. The van der Waals surface area contributed by atoms with E-state index in [2.05, 4.69) is 6.07 Å². The molecule has 28 heavy (non-hydrogen) atoms. The van der Waals surface area contributed by atoms with Gasteiger partial charge in [-0.15, -0.1) is 11.8 Å². The molecule has 3 nitrogen and oxygen atoms in total. The molecule has 0 aromatic heterocycles. The van der Waals surface area contributed by atoms with Crippen LogP contribution in [0, 0.1) is 17.1 Å². The summed E-state index contributed by atoms with van der Waals surface area (Å²) in [4.78, 5) is 14.5. The molecule has 0 radical (unpaired) electrons. The van der Waals surface area contributed by atoms with Crippen LogP contribution in [0.15, 0.2) is 87.5 Å². The van der Waals surface area contributed by atoms with Crippen LogP contribution in [0.2, 0.25) is 0 Å². The van der Waals surface area contributed by atoms with E-state index in [9.17, 15) is 14.4 Å². The van der Waals surface area contributed by atoms with E-state index in [1.807, 2.05) is 24.3 Å². The molecule has 6 heteroatoms. The molecule has 0 unspecified atom stereocenters. The number of carbonyl (C=O) groups is 1. The van der Waals surface area contributed by atoms with E-state index >= 15 is 0 Å². The molecule has 3 rings (SSSR count). The van der Waals surface area contributed by atoms with E-state index in [4.69, 9.17) is 4.74 Å². The van der Waals surface area contributed by atoms with Gasteiger partial charge in [-0.05, 0) is 36.4 Å². The number of esters is 1. The predicted octanol–water partition coefficient (Wildman–Crippen LogP) is 5.80. The third-order valence-electron chi connectivity index (χ3n) is 3.75. The normalized spacial score (nSPS) is 10.3. The molecule has 0 amide bonds. The monoisotopic (exact) mass is 409 g/mol. The first kappa shape index (κ1) is 20.0. The lowest BCUT2D eigenvalue weighted by molar-refractivity contribution is 0.0526. The second-order valence-corrected chi connectivity index (χ2v) is 7.84. The van der Waals surface area contributed by atoms with E-state index < -0.39 is 5.97 Å². The molecule has 140 valence electrons. The van der Waals surface area contributed by atoms with Gasteiger partial charge in [-0.1, -0.05) is 48.2 Å². The molecular formula is C22H16FNO2S2. The molecule has 3 aromatic rings. The lowest BCUT2D eigenvalue weighted by atomic mass is 10.2. The summed E-state index contributed by atoms with van der Waals surface area (Å²) in [6.45, 7) is 0.172. The van der Waals surface area contributed by atoms with Gasteiger partial charge in [0.25, 0.3) is 0 Å². The summed E-state index contributed by atoms with van der Waals surface area (Å²) < 4.78 is 19.0. The Labute approximate surface area is 171 Å². The van der Waals surface area contributed by atoms with Crippen molar-refractivity contribution in [3.8, 4) is 6.07 Å². The van der Waals surface area contributed by atoms with Gasteiger partial charge in [0.2, 0.25) is 0 Å². The molecule has 3 aromatic carbocycles. The van der Waals surface area contributed by atoms with E-state index in [-0.39, 0.29) is 12.4 Å². The number of thioether (sulfide) groups is 1. The van der Waals surface area contributed by atoms with Crippen LogP contribution in [-0.2, 0) is 4.74 Å². The molecule has 0 atom stereocenters. The van der Waals surface area contributed by atoms with Crippen LogP contribution in [0.3, 0.4) is 0 Å². The number of hydrogen-bond acceptors (Lipinski definition) is 5. The minimum Gasteiger partial charge on any atom is -0.461 e. The van der Waals surface area contributed by atoms with Gasteiger partial charge in [-0.25, -0.2) is 9.18 Å². The smallest absolute Gasteiger partial charge is 0.339 e. The van der Waals surface area contributed by atoms with Crippen molar-refractivity contribution in [2.24, 2.45) is 0 Å². The fourth-order valence-electron chi connectivity index (χ4n) is 2.42. The Morgan fingerprint density at radius 1 is 0.929 bits per heavy atom. The van der Waals surface area contributed by atoms with Gasteiger partial charge >= 0.3 is 5.97 Å². The number of halogens is 1. The van der Waals surface area contributed by atoms with Crippen molar-refractivity contribution >= 4 is 29.5 Å². The van der Waals surface area contributed by atoms with E-state index in [1.54, 1.807) is 42.5 Å². The molecule has 0 N–H and O–H groups in total. The second kappa shape index (κ2) is 9.98. The molecular weight excluding hydrogens is 393 g/mol. The quantitative estimate of drug-likeness (QED) is 0.280. The first-order valence-electron chi connectivity index (χ1n) is 8.49. The standard InChI is InChI=1S/C22H16FNO2S2/c23-18-9-3-6-12-21(18)27-14-13-26-22(25)17-8-2-5-11-20(17)28-19-10-4-1-7-16(19)15-24/h1-12H,13-14H2. The highest BCUT2D eigenvalue weighted by Gasteiger charge is 2.15. The van der Waals surface area contributed by atoms with Gasteiger partial charge in [0.1, 0.15) is 18.5 Å². The lowest BCUT2D eigenvalue weighted by Crippen LogP contribution is -2.09. The van der Waals surface area contributed by atoms with Crippen molar-refractivity contribution in [1.82, 2.24) is 0 Å². The van der Waals surface area contributed by atoms with Gasteiger partial charge in [0, 0.05) is 20.4 Å². The van der Waals surface area contributed by atoms with Crippen molar-refractivity contribution in [2.45, 2.75) is 14.7 Å². The molecule has 0 aliphatic carbocycles. The summed E-state index contributed by atoms with van der Waals surface area (Å²) in [5.41, 5.74) is 0.994. The maximum Gasteiger partial charge on any atom is 0.339 e. The third-order valence-corrected chi connectivity index (χ3v) is 5.91. The zero-order chi connectivity index (χ0) is 19.8. The van der Waals surface area contributed by atoms with Gasteiger partial charge in [0.15, 0.2) is 0 Å². The number of rotatable bonds is 7. The first-order chi connectivity index (χ1) is 13.7. The summed E-state index contributed by atoms with van der Waals surface area (Å²) in [6, 6.07) is 23.0. The van der Waals surface area contributed by atoms with Crippen molar-refractivity contribution in [2.75, 3.05) is 12.4 Å². The van der Waals surface area contributed by atoms with Crippen LogP contribution in [-0.4, -0.2) is 18.3 Å². The van der Waals surface area contributed by atoms with E-state index in [0.29, 0.717) is 21.8 Å². The Bertz CT molecular complexity index is 1020. The van der Waals surface area contributed by atoms with Crippen molar-refractivity contribution in [1.29, 1.82) is 5.26 Å². The Balaban J connectivity index is 1.63. The van der Waals surface area contributed by atoms with Gasteiger partial charge in [-0.2, -0.15) is 5.26 Å². The van der Waals surface area contributed by atoms with Crippen LogP contribution < -0.4 is 0 Å². The van der Waals surface area contributed by atoms with Gasteiger partial charge in [0.05, 0.1) is 11.1 Å². The summed E-state index contributed by atoms with van der Waals surface area (Å²) in [6.07, 6.45) is 0. The zero-order valence-corrected chi connectivity index (χ0v) is 16.4. The number of benzene rings is 3. The molecule has 0 bridgehead atoms. The van der Waals surface area contributed by atoms with Crippen molar-refractivity contribution < 1.29 is 13.9 Å². The number of hydrogen-bond donors (Lipinski definition) is 0. The summed E-state index contributed by atoms with van der Waals surface area (Å²) in [5, 5.41) is 9.25. The third kappa shape index (κ3) is 5.16. The van der Waals surface area contributed by atoms with Crippen LogP contribution >= 0.6 is 23.5 Å². The average molecular weight is 410 g/mol.